The summed E-state index contributed by atoms with van der Waals surface area (Å²) in [6.07, 6.45) is 10.5. The molecule has 0 aromatic heterocycles. The van der Waals surface area contributed by atoms with E-state index in [1.807, 2.05) is 7.05 Å². The molecule has 2 N–H and O–H groups in total. The zero-order chi connectivity index (χ0) is 14.2. The number of likely N-dealkylation sites (tertiary alicyclic amines) is 1. The molecule has 1 heterocycles. The maximum absolute atomic E-state index is 12.0. The molecular weight excluding hydrogens is 286 g/mol. The predicted molar refractivity (Wildman–Crippen MR) is 90.0 cm³/mol. The number of nitrogens with zero attached hydrogens (tertiary/aromatic N) is 1. The lowest BCUT2D eigenvalue weighted by molar-refractivity contribution is -0.122. The van der Waals surface area contributed by atoms with E-state index in [9.17, 15) is 4.79 Å². The van der Waals surface area contributed by atoms with Crippen LogP contribution in [0.1, 0.15) is 51.4 Å². The molecule has 0 aromatic carbocycles. The molecule has 1 saturated heterocycles. The molecule has 1 amide bonds. The molecule has 1 atom stereocenters. The van der Waals surface area contributed by atoms with Crippen LogP contribution in [0.25, 0.3) is 0 Å². The van der Waals surface area contributed by atoms with Gasteiger partial charge >= 0.3 is 0 Å². The van der Waals surface area contributed by atoms with Crippen LogP contribution in [0.5, 0.6) is 0 Å². The second-order valence-electron chi connectivity index (χ2n) is 6.51. The monoisotopic (exact) mass is 317 g/mol. The van der Waals surface area contributed by atoms with Crippen LogP contribution in [0.3, 0.4) is 0 Å². The van der Waals surface area contributed by atoms with E-state index in [2.05, 4.69) is 15.5 Å². The molecule has 1 unspecified atom stereocenters. The normalized spacial score (nSPS) is 24.3. The van der Waals surface area contributed by atoms with Crippen molar-refractivity contribution in [2.24, 2.45) is 5.92 Å². The number of likely N-dealkylation sites (N-methyl/N-ethyl adjacent to an activating group) is 1. The number of hydrogen-bond donors (Lipinski definition) is 2. The summed E-state index contributed by atoms with van der Waals surface area (Å²) in [4.78, 5) is 14.3. The first-order chi connectivity index (χ1) is 9.78. The van der Waals surface area contributed by atoms with Crippen LogP contribution in [0.4, 0.5) is 0 Å². The Kier molecular flexibility index (Phi) is 9.29. The highest BCUT2D eigenvalue weighted by molar-refractivity contribution is 5.85. The van der Waals surface area contributed by atoms with Crippen molar-refractivity contribution >= 4 is 18.3 Å². The minimum atomic E-state index is 0. The van der Waals surface area contributed by atoms with Crippen molar-refractivity contribution in [3.8, 4) is 0 Å². The summed E-state index contributed by atoms with van der Waals surface area (Å²) >= 11 is 0. The number of carbonyl (C=O) groups is 1. The van der Waals surface area contributed by atoms with Crippen LogP contribution < -0.4 is 10.6 Å². The zero-order valence-electron chi connectivity index (χ0n) is 13.4. The van der Waals surface area contributed by atoms with E-state index in [-0.39, 0.29) is 18.3 Å². The molecule has 1 saturated carbocycles. The van der Waals surface area contributed by atoms with Gasteiger partial charge in [-0.2, -0.15) is 0 Å². The van der Waals surface area contributed by atoms with Crippen molar-refractivity contribution < 1.29 is 4.79 Å². The Labute approximate surface area is 135 Å². The maximum atomic E-state index is 12.0. The minimum Gasteiger partial charge on any atom is -0.355 e. The van der Waals surface area contributed by atoms with Gasteiger partial charge in [0.1, 0.15) is 0 Å². The van der Waals surface area contributed by atoms with Gasteiger partial charge in [-0.1, -0.05) is 32.1 Å². The summed E-state index contributed by atoms with van der Waals surface area (Å²) in [5, 5.41) is 6.43. The Morgan fingerprint density at radius 2 is 1.90 bits per heavy atom. The SMILES string of the molecule is CNC1CCCN(CC(=O)NCCC2CCCCC2)C1.Cl. The van der Waals surface area contributed by atoms with E-state index in [1.165, 1.54) is 51.4 Å². The van der Waals surface area contributed by atoms with Gasteiger partial charge in [0, 0.05) is 19.1 Å². The van der Waals surface area contributed by atoms with Gasteiger partial charge in [-0.15, -0.1) is 12.4 Å². The van der Waals surface area contributed by atoms with Crippen molar-refractivity contribution in [3.05, 3.63) is 0 Å². The second-order valence-corrected chi connectivity index (χ2v) is 6.51. The molecule has 1 aliphatic heterocycles. The van der Waals surface area contributed by atoms with E-state index in [4.69, 9.17) is 0 Å². The number of nitrogens with one attached hydrogen (secondary N) is 2. The molecule has 2 aliphatic rings. The summed E-state index contributed by atoms with van der Waals surface area (Å²) in [5.74, 6) is 1.06. The third kappa shape index (κ3) is 6.98. The summed E-state index contributed by atoms with van der Waals surface area (Å²) in [7, 11) is 2.01. The number of rotatable bonds is 6. The molecule has 0 bridgehead atoms. The van der Waals surface area contributed by atoms with Gasteiger partial charge < -0.3 is 10.6 Å². The number of carbonyl (C=O) groups excluding carboxylic acids is 1. The average Bonchev–Trinajstić information content (AvgIpc) is 2.48. The lowest BCUT2D eigenvalue weighted by Crippen LogP contribution is -2.48. The van der Waals surface area contributed by atoms with Gasteiger partial charge in [0.15, 0.2) is 0 Å². The van der Waals surface area contributed by atoms with Gasteiger partial charge in [-0.3, -0.25) is 9.69 Å². The van der Waals surface area contributed by atoms with Gasteiger partial charge in [0.05, 0.1) is 6.54 Å². The van der Waals surface area contributed by atoms with E-state index < -0.39 is 0 Å². The van der Waals surface area contributed by atoms with Crippen LogP contribution >= 0.6 is 12.4 Å². The molecule has 124 valence electrons. The average molecular weight is 318 g/mol. The number of amides is 1. The fourth-order valence-corrected chi connectivity index (χ4v) is 3.59. The van der Waals surface area contributed by atoms with Crippen molar-refractivity contribution in [2.45, 2.75) is 57.4 Å². The quantitative estimate of drug-likeness (QED) is 0.789. The summed E-state index contributed by atoms with van der Waals surface area (Å²) < 4.78 is 0. The lowest BCUT2D eigenvalue weighted by atomic mass is 9.87. The Morgan fingerprint density at radius 1 is 1.14 bits per heavy atom. The Bertz CT molecular complexity index is 295. The predicted octanol–water partition coefficient (Wildman–Crippen LogP) is 2.18. The first kappa shape index (κ1) is 18.7. The fraction of sp³-hybridized carbons (Fsp3) is 0.938. The van der Waals surface area contributed by atoms with Crippen LogP contribution in [0.2, 0.25) is 0 Å². The molecule has 0 aromatic rings. The molecule has 2 fully saturated rings. The lowest BCUT2D eigenvalue weighted by Gasteiger charge is -2.32. The summed E-state index contributed by atoms with van der Waals surface area (Å²) in [5.41, 5.74) is 0. The van der Waals surface area contributed by atoms with Gasteiger partial charge in [0.25, 0.3) is 0 Å². The molecule has 0 spiro atoms. The standard InChI is InChI=1S/C16H31N3O.ClH/c1-17-15-8-5-11-19(12-15)13-16(20)18-10-9-14-6-3-2-4-7-14;/h14-15,17H,2-13H2,1H3,(H,18,20);1H. The number of halogens is 1. The smallest absolute Gasteiger partial charge is 0.234 e. The molecular formula is C16H32ClN3O. The highest BCUT2D eigenvalue weighted by atomic mass is 35.5. The van der Waals surface area contributed by atoms with E-state index in [0.717, 1.165) is 25.6 Å². The van der Waals surface area contributed by atoms with Crippen LogP contribution in [0, 0.1) is 5.92 Å². The third-order valence-corrected chi connectivity index (χ3v) is 4.88. The van der Waals surface area contributed by atoms with E-state index in [1.54, 1.807) is 0 Å². The number of hydrogen-bond acceptors (Lipinski definition) is 3. The summed E-state index contributed by atoms with van der Waals surface area (Å²) in [6.45, 7) is 3.51. The van der Waals surface area contributed by atoms with Crippen molar-refractivity contribution in [1.82, 2.24) is 15.5 Å². The topological polar surface area (TPSA) is 44.4 Å². The van der Waals surface area contributed by atoms with Gasteiger partial charge in [-0.05, 0) is 38.8 Å². The minimum absolute atomic E-state index is 0. The molecule has 0 radical (unpaired) electrons. The number of piperidine rings is 1. The van der Waals surface area contributed by atoms with Crippen molar-refractivity contribution in [3.63, 3.8) is 0 Å². The van der Waals surface area contributed by atoms with Crippen LogP contribution in [-0.2, 0) is 4.79 Å². The molecule has 5 heteroatoms. The van der Waals surface area contributed by atoms with Crippen molar-refractivity contribution in [2.75, 3.05) is 33.2 Å². The Balaban J connectivity index is 0.00000220. The maximum Gasteiger partial charge on any atom is 0.234 e. The van der Waals surface area contributed by atoms with E-state index in [0.29, 0.717) is 12.6 Å². The molecule has 1 aliphatic carbocycles. The third-order valence-electron chi connectivity index (χ3n) is 4.88. The van der Waals surface area contributed by atoms with E-state index >= 15 is 0 Å². The molecule has 2 rings (SSSR count). The zero-order valence-corrected chi connectivity index (χ0v) is 14.2. The Hall–Kier alpha value is -0.320. The molecule has 4 nitrogen and oxygen atoms in total. The largest absolute Gasteiger partial charge is 0.355 e. The fourth-order valence-electron chi connectivity index (χ4n) is 3.59. The highest BCUT2D eigenvalue weighted by Gasteiger charge is 2.20. The van der Waals surface area contributed by atoms with Crippen molar-refractivity contribution in [1.29, 1.82) is 0 Å². The Morgan fingerprint density at radius 3 is 2.62 bits per heavy atom. The summed E-state index contributed by atoms with van der Waals surface area (Å²) in [6, 6.07) is 0.554. The highest BCUT2D eigenvalue weighted by Crippen LogP contribution is 2.25. The van der Waals surface area contributed by atoms with Gasteiger partial charge in [-0.25, -0.2) is 0 Å². The second kappa shape index (κ2) is 10.4. The van der Waals surface area contributed by atoms with Crippen LogP contribution in [0.15, 0.2) is 0 Å². The van der Waals surface area contributed by atoms with Crippen LogP contribution in [-0.4, -0.2) is 50.1 Å². The first-order valence-corrected chi connectivity index (χ1v) is 8.44. The molecule has 21 heavy (non-hydrogen) atoms. The first-order valence-electron chi connectivity index (χ1n) is 8.44. The van der Waals surface area contributed by atoms with Gasteiger partial charge in [0.2, 0.25) is 5.91 Å².